The van der Waals surface area contributed by atoms with Gasteiger partial charge in [-0.3, -0.25) is 4.79 Å². The Kier molecular flexibility index (Phi) is 4.65. The normalized spacial score (nSPS) is 20.9. The molecule has 2 atom stereocenters. The van der Waals surface area contributed by atoms with Crippen LogP contribution in [0.2, 0.25) is 0 Å². The summed E-state index contributed by atoms with van der Waals surface area (Å²) in [4.78, 5) is 18.1. The summed E-state index contributed by atoms with van der Waals surface area (Å²) in [6.07, 6.45) is 0.149. The molecule has 8 nitrogen and oxygen atoms in total. The first-order valence-electron chi connectivity index (χ1n) is 9.89. The molecule has 156 valence electrons. The van der Waals surface area contributed by atoms with Crippen LogP contribution in [0.5, 0.6) is 17.2 Å². The molecule has 0 N–H and O–H groups in total. The molecule has 2 aromatic heterocycles. The maximum absolute atomic E-state index is 15.0. The van der Waals surface area contributed by atoms with Crippen molar-refractivity contribution < 1.29 is 18.6 Å². The molecule has 2 aliphatic heterocycles. The van der Waals surface area contributed by atoms with Crippen LogP contribution in [0.1, 0.15) is 12.0 Å². The van der Waals surface area contributed by atoms with Gasteiger partial charge in [0.2, 0.25) is 0 Å². The number of benzene rings is 1. The fourth-order valence-corrected chi connectivity index (χ4v) is 3.84. The highest BCUT2D eigenvalue weighted by molar-refractivity contribution is 5.53. The van der Waals surface area contributed by atoms with Gasteiger partial charge < -0.3 is 19.1 Å². The standard InChI is InChI=1S/C21H21FN4O4/c1-13-10-19-23-6-4-20(27)26(19)24-21(13)25-7-5-16(15(22)12-25)30-14-2-3-17-18(11-14)29-9-8-28-17/h2-4,6,10-11,15-16H,5,7-9,12H2,1H3/t15-,16+/m0/s1. The molecule has 9 heteroatoms. The van der Waals surface area contributed by atoms with Crippen molar-refractivity contribution in [3.63, 3.8) is 0 Å². The highest BCUT2D eigenvalue weighted by atomic mass is 19.1. The van der Waals surface area contributed by atoms with Crippen molar-refractivity contribution in [1.82, 2.24) is 14.6 Å². The van der Waals surface area contributed by atoms with Crippen molar-refractivity contribution >= 4 is 11.5 Å². The number of aryl methyl sites for hydroxylation is 1. The Bertz CT molecular complexity index is 1150. The van der Waals surface area contributed by atoms with E-state index in [1.807, 2.05) is 11.8 Å². The molecule has 1 aromatic carbocycles. The molecule has 4 heterocycles. The Morgan fingerprint density at radius 1 is 1.17 bits per heavy atom. The minimum atomic E-state index is -1.21. The third kappa shape index (κ3) is 3.40. The van der Waals surface area contributed by atoms with Crippen LogP contribution in [0.25, 0.3) is 5.65 Å². The van der Waals surface area contributed by atoms with Crippen LogP contribution < -0.4 is 24.7 Å². The lowest BCUT2D eigenvalue weighted by Crippen LogP contribution is -2.47. The molecule has 5 rings (SSSR count). The summed E-state index contributed by atoms with van der Waals surface area (Å²) < 4.78 is 33.2. The number of aromatic nitrogens is 3. The summed E-state index contributed by atoms with van der Waals surface area (Å²) in [5.41, 5.74) is 1.04. The average Bonchev–Trinajstić information content (AvgIpc) is 2.75. The molecule has 2 aliphatic rings. The minimum Gasteiger partial charge on any atom is -0.487 e. The Morgan fingerprint density at radius 2 is 2.00 bits per heavy atom. The maximum atomic E-state index is 15.0. The molecule has 0 spiro atoms. The van der Waals surface area contributed by atoms with E-state index in [1.54, 1.807) is 24.3 Å². The summed E-state index contributed by atoms with van der Waals surface area (Å²) in [7, 11) is 0. The van der Waals surface area contributed by atoms with Crippen LogP contribution in [0, 0.1) is 6.92 Å². The predicted molar refractivity (Wildman–Crippen MR) is 108 cm³/mol. The zero-order valence-corrected chi connectivity index (χ0v) is 16.5. The Balaban J connectivity index is 1.32. The number of hydrogen-bond donors (Lipinski definition) is 0. The maximum Gasteiger partial charge on any atom is 0.274 e. The Morgan fingerprint density at radius 3 is 2.83 bits per heavy atom. The van der Waals surface area contributed by atoms with Crippen molar-refractivity contribution in [2.75, 3.05) is 31.2 Å². The lowest BCUT2D eigenvalue weighted by molar-refractivity contribution is 0.0809. The molecule has 0 unspecified atom stereocenters. The van der Waals surface area contributed by atoms with Crippen LogP contribution in [0.15, 0.2) is 41.3 Å². The number of halogens is 1. The number of anilines is 1. The van der Waals surface area contributed by atoms with E-state index in [0.29, 0.717) is 54.9 Å². The van der Waals surface area contributed by atoms with Gasteiger partial charge in [0.15, 0.2) is 29.1 Å². The van der Waals surface area contributed by atoms with Gasteiger partial charge >= 0.3 is 0 Å². The third-order valence-corrected chi connectivity index (χ3v) is 5.33. The van der Waals surface area contributed by atoms with Gasteiger partial charge in [0.25, 0.3) is 5.56 Å². The van der Waals surface area contributed by atoms with Crippen LogP contribution in [-0.2, 0) is 0 Å². The van der Waals surface area contributed by atoms with Gasteiger partial charge in [-0.1, -0.05) is 0 Å². The highest BCUT2D eigenvalue weighted by Gasteiger charge is 2.32. The average molecular weight is 412 g/mol. The fourth-order valence-electron chi connectivity index (χ4n) is 3.84. The number of piperidine rings is 1. The van der Waals surface area contributed by atoms with Crippen molar-refractivity contribution in [2.24, 2.45) is 0 Å². The SMILES string of the molecule is Cc1cc2nccc(=O)n2nc1N1CC[C@@H](Oc2ccc3c(c2)OCCO3)[C@@H](F)C1. The first-order valence-corrected chi connectivity index (χ1v) is 9.89. The van der Waals surface area contributed by atoms with Gasteiger partial charge in [0, 0.05) is 31.3 Å². The number of fused-ring (bicyclic) bond motifs is 2. The summed E-state index contributed by atoms with van der Waals surface area (Å²) in [5.74, 6) is 2.42. The van der Waals surface area contributed by atoms with E-state index in [2.05, 4.69) is 10.1 Å². The summed E-state index contributed by atoms with van der Waals surface area (Å²) >= 11 is 0. The number of hydrogen-bond acceptors (Lipinski definition) is 7. The number of nitrogens with zero attached hydrogens (tertiary/aromatic N) is 4. The summed E-state index contributed by atoms with van der Waals surface area (Å²) in [5, 5.41) is 4.42. The number of alkyl halides is 1. The second-order valence-corrected chi connectivity index (χ2v) is 7.42. The van der Waals surface area contributed by atoms with Gasteiger partial charge in [-0.15, -0.1) is 5.10 Å². The molecule has 30 heavy (non-hydrogen) atoms. The topological polar surface area (TPSA) is 78.2 Å². The predicted octanol–water partition coefficient (Wildman–Crippen LogP) is 2.16. The molecule has 1 fully saturated rings. The molecular weight excluding hydrogens is 391 g/mol. The second kappa shape index (κ2) is 7.47. The lowest BCUT2D eigenvalue weighted by Gasteiger charge is -2.36. The minimum absolute atomic E-state index is 0.129. The molecule has 0 bridgehead atoms. The van der Waals surface area contributed by atoms with Crippen molar-refractivity contribution in [2.45, 2.75) is 25.6 Å². The monoisotopic (exact) mass is 412 g/mol. The summed E-state index contributed by atoms with van der Waals surface area (Å²) in [6, 6.07) is 8.42. The highest BCUT2D eigenvalue weighted by Crippen LogP contribution is 2.35. The molecule has 0 aliphatic carbocycles. The van der Waals surface area contributed by atoms with E-state index in [9.17, 15) is 4.79 Å². The van der Waals surface area contributed by atoms with E-state index in [0.717, 1.165) is 5.56 Å². The Labute approximate surface area is 171 Å². The van der Waals surface area contributed by atoms with E-state index in [4.69, 9.17) is 14.2 Å². The van der Waals surface area contributed by atoms with Crippen LogP contribution in [0.4, 0.5) is 10.2 Å². The molecule has 0 saturated carbocycles. The smallest absolute Gasteiger partial charge is 0.274 e. The van der Waals surface area contributed by atoms with E-state index < -0.39 is 12.3 Å². The zero-order valence-electron chi connectivity index (χ0n) is 16.5. The lowest BCUT2D eigenvalue weighted by atomic mass is 10.1. The van der Waals surface area contributed by atoms with Crippen molar-refractivity contribution in [3.05, 3.63) is 52.4 Å². The van der Waals surface area contributed by atoms with E-state index in [1.165, 1.54) is 16.8 Å². The first kappa shape index (κ1) is 18.7. The largest absolute Gasteiger partial charge is 0.487 e. The quantitative estimate of drug-likeness (QED) is 0.652. The van der Waals surface area contributed by atoms with Gasteiger partial charge in [0.05, 0.1) is 6.54 Å². The second-order valence-electron chi connectivity index (χ2n) is 7.42. The zero-order chi connectivity index (χ0) is 20.7. The molecular formula is C21H21FN4O4. The van der Waals surface area contributed by atoms with Gasteiger partial charge in [-0.05, 0) is 30.7 Å². The number of rotatable bonds is 3. The first-order chi connectivity index (χ1) is 14.6. The van der Waals surface area contributed by atoms with Crippen molar-refractivity contribution in [1.29, 1.82) is 0 Å². The van der Waals surface area contributed by atoms with Gasteiger partial charge in [-0.2, -0.15) is 4.52 Å². The van der Waals surface area contributed by atoms with Crippen LogP contribution in [0.3, 0.4) is 0 Å². The van der Waals surface area contributed by atoms with Crippen LogP contribution >= 0.6 is 0 Å². The third-order valence-electron chi connectivity index (χ3n) is 5.33. The fraction of sp³-hybridized carbons (Fsp3) is 0.381. The molecule has 0 radical (unpaired) electrons. The van der Waals surface area contributed by atoms with Crippen LogP contribution in [-0.4, -0.2) is 53.2 Å². The number of ether oxygens (including phenoxy) is 3. The Hall–Kier alpha value is -3.36. The molecule has 3 aromatic rings. The van der Waals surface area contributed by atoms with Gasteiger partial charge in [0.1, 0.15) is 25.1 Å². The van der Waals surface area contributed by atoms with Crippen molar-refractivity contribution in [3.8, 4) is 17.2 Å². The summed E-state index contributed by atoms with van der Waals surface area (Å²) in [6.45, 7) is 3.57. The van der Waals surface area contributed by atoms with E-state index >= 15 is 4.39 Å². The van der Waals surface area contributed by atoms with E-state index in [-0.39, 0.29) is 12.1 Å². The van der Waals surface area contributed by atoms with Gasteiger partial charge in [-0.25, -0.2) is 9.37 Å². The molecule has 0 amide bonds. The molecule has 1 saturated heterocycles.